The maximum absolute atomic E-state index is 13.3. The van der Waals surface area contributed by atoms with Crippen LogP contribution in [0.4, 0.5) is 8.78 Å². The zero-order chi connectivity index (χ0) is 12.4. The fourth-order valence-corrected chi connectivity index (χ4v) is 1.56. The Morgan fingerprint density at radius 1 is 1.35 bits per heavy atom. The first kappa shape index (κ1) is 11.4. The van der Waals surface area contributed by atoms with Gasteiger partial charge in [0.25, 0.3) is 5.91 Å². The van der Waals surface area contributed by atoms with Gasteiger partial charge in [0, 0.05) is 24.2 Å². The van der Waals surface area contributed by atoms with E-state index in [1.54, 1.807) is 6.92 Å². The van der Waals surface area contributed by atoms with Crippen LogP contribution in [-0.2, 0) is 0 Å². The van der Waals surface area contributed by atoms with E-state index in [2.05, 4.69) is 10.3 Å². The molecule has 0 radical (unpaired) electrons. The molecule has 0 aliphatic heterocycles. The van der Waals surface area contributed by atoms with Gasteiger partial charge >= 0.3 is 0 Å². The number of benzene rings is 1. The van der Waals surface area contributed by atoms with Crippen molar-refractivity contribution in [1.82, 2.24) is 10.3 Å². The molecule has 5 heteroatoms. The Kier molecular flexibility index (Phi) is 2.99. The molecule has 17 heavy (non-hydrogen) atoms. The highest BCUT2D eigenvalue weighted by atomic mass is 19.1. The number of rotatable bonds is 2. The fraction of sp³-hybridized carbons (Fsp3) is 0.167. The van der Waals surface area contributed by atoms with E-state index < -0.39 is 11.6 Å². The van der Waals surface area contributed by atoms with Crippen molar-refractivity contribution >= 4 is 16.8 Å². The van der Waals surface area contributed by atoms with Crippen molar-refractivity contribution < 1.29 is 13.6 Å². The Bertz CT molecular complexity index is 584. The second kappa shape index (κ2) is 4.45. The number of carbonyl (C=O) groups is 1. The second-order valence-electron chi connectivity index (χ2n) is 3.54. The van der Waals surface area contributed by atoms with Gasteiger partial charge < -0.3 is 5.32 Å². The predicted octanol–water partition coefficient (Wildman–Crippen LogP) is 2.26. The minimum Gasteiger partial charge on any atom is -0.352 e. The highest BCUT2D eigenvalue weighted by Crippen LogP contribution is 2.18. The van der Waals surface area contributed by atoms with E-state index in [4.69, 9.17) is 0 Å². The maximum atomic E-state index is 13.3. The molecule has 88 valence electrons. The third-order valence-corrected chi connectivity index (χ3v) is 2.30. The van der Waals surface area contributed by atoms with Crippen molar-refractivity contribution in [2.24, 2.45) is 0 Å². The van der Waals surface area contributed by atoms with Crippen LogP contribution in [0.25, 0.3) is 10.9 Å². The molecule has 0 atom stereocenters. The molecule has 2 aromatic rings. The molecule has 0 saturated carbocycles. The standard InChI is InChI=1S/C12H10F2N2O/c1-2-15-12(17)8-3-7-4-9(13)5-10(14)11(7)16-6-8/h3-6H,2H2,1H3,(H,15,17). The topological polar surface area (TPSA) is 42.0 Å². The molecule has 0 aliphatic rings. The summed E-state index contributed by atoms with van der Waals surface area (Å²) in [4.78, 5) is 15.3. The summed E-state index contributed by atoms with van der Waals surface area (Å²) < 4.78 is 26.3. The van der Waals surface area contributed by atoms with Crippen molar-refractivity contribution in [1.29, 1.82) is 0 Å². The smallest absolute Gasteiger partial charge is 0.252 e. The minimum absolute atomic E-state index is 0.0550. The third kappa shape index (κ3) is 2.22. The Hall–Kier alpha value is -2.04. The van der Waals surface area contributed by atoms with E-state index >= 15 is 0 Å². The van der Waals surface area contributed by atoms with Gasteiger partial charge in [0.15, 0.2) is 5.82 Å². The molecule has 1 aromatic carbocycles. The zero-order valence-electron chi connectivity index (χ0n) is 9.13. The van der Waals surface area contributed by atoms with E-state index in [1.807, 2.05) is 0 Å². The quantitative estimate of drug-likeness (QED) is 0.869. The average molecular weight is 236 g/mol. The summed E-state index contributed by atoms with van der Waals surface area (Å²) in [5.74, 6) is -1.74. The number of hydrogen-bond donors (Lipinski definition) is 1. The van der Waals surface area contributed by atoms with Crippen LogP contribution >= 0.6 is 0 Å². The number of pyridine rings is 1. The normalized spacial score (nSPS) is 10.5. The molecule has 0 saturated heterocycles. The van der Waals surface area contributed by atoms with Gasteiger partial charge in [-0.2, -0.15) is 0 Å². The molecule has 0 aliphatic carbocycles. The van der Waals surface area contributed by atoms with Gasteiger partial charge in [0.1, 0.15) is 11.3 Å². The summed E-state index contributed by atoms with van der Waals surface area (Å²) in [6, 6.07) is 3.33. The molecule has 1 heterocycles. The van der Waals surface area contributed by atoms with E-state index in [1.165, 1.54) is 12.3 Å². The van der Waals surface area contributed by atoms with Crippen molar-refractivity contribution in [3.63, 3.8) is 0 Å². The first-order valence-corrected chi connectivity index (χ1v) is 5.15. The number of hydrogen-bond acceptors (Lipinski definition) is 2. The van der Waals surface area contributed by atoms with Crippen LogP contribution in [0.1, 0.15) is 17.3 Å². The van der Waals surface area contributed by atoms with Crippen LogP contribution in [0, 0.1) is 11.6 Å². The van der Waals surface area contributed by atoms with Gasteiger partial charge in [0.05, 0.1) is 5.56 Å². The Balaban J connectivity index is 2.54. The summed E-state index contributed by atoms with van der Waals surface area (Å²) in [7, 11) is 0. The fourth-order valence-electron chi connectivity index (χ4n) is 1.56. The van der Waals surface area contributed by atoms with Crippen LogP contribution in [0.5, 0.6) is 0 Å². The van der Waals surface area contributed by atoms with E-state index in [-0.39, 0.29) is 22.4 Å². The van der Waals surface area contributed by atoms with Crippen molar-refractivity contribution in [3.8, 4) is 0 Å². The number of nitrogens with one attached hydrogen (secondary N) is 1. The van der Waals surface area contributed by atoms with Crippen molar-refractivity contribution in [3.05, 3.63) is 41.6 Å². The average Bonchev–Trinajstić information content (AvgIpc) is 2.28. The molecule has 0 bridgehead atoms. The Morgan fingerprint density at radius 3 is 2.82 bits per heavy atom. The highest BCUT2D eigenvalue weighted by Gasteiger charge is 2.09. The monoisotopic (exact) mass is 236 g/mol. The highest BCUT2D eigenvalue weighted by molar-refractivity contribution is 5.97. The molecule has 0 spiro atoms. The number of nitrogens with zero attached hydrogens (tertiary/aromatic N) is 1. The summed E-state index contributed by atoms with van der Waals surface area (Å²) in [6.07, 6.45) is 1.27. The SMILES string of the molecule is CCNC(=O)c1cnc2c(F)cc(F)cc2c1. The van der Waals surface area contributed by atoms with E-state index in [0.717, 1.165) is 12.1 Å². The van der Waals surface area contributed by atoms with Gasteiger partial charge in [-0.25, -0.2) is 8.78 Å². The third-order valence-electron chi connectivity index (χ3n) is 2.30. The Labute approximate surface area is 96.5 Å². The van der Waals surface area contributed by atoms with Gasteiger partial charge in [-0.3, -0.25) is 9.78 Å². The van der Waals surface area contributed by atoms with Crippen LogP contribution in [0.15, 0.2) is 24.4 Å². The lowest BCUT2D eigenvalue weighted by Crippen LogP contribution is -2.22. The lowest BCUT2D eigenvalue weighted by atomic mass is 10.1. The number of halogens is 2. The molecule has 3 nitrogen and oxygen atoms in total. The van der Waals surface area contributed by atoms with E-state index in [0.29, 0.717) is 6.54 Å². The summed E-state index contributed by atoms with van der Waals surface area (Å²) in [6.45, 7) is 2.26. The lowest BCUT2D eigenvalue weighted by Gasteiger charge is -2.04. The lowest BCUT2D eigenvalue weighted by molar-refractivity contribution is 0.0955. The molecule has 0 unspecified atom stereocenters. The van der Waals surface area contributed by atoms with Crippen LogP contribution in [0.3, 0.4) is 0 Å². The van der Waals surface area contributed by atoms with Crippen molar-refractivity contribution in [2.75, 3.05) is 6.54 Å². The van der Waals surface area contributed by atoms with Gasteiger partial charge in [0.2, 0.25) is 0 Å². The zero-order valence-corrected chi connectivity index (χ0v) is 9.13. The van der Waals surface area contributed by atoms with Gasteiger partial charge in [-0.1, -0.05) is 0 Å². The predicted molar refractivity (Wildman–Crippen MR) is 59.7 cm³/mol. The summed E-state index contributed by atoms with van der Waals surface area (Å²) in [5, 5.41) is 2.86. The molecule has 1 N–H and O–H groups in total. The number of fused-ring (bicyclic) bond motifs is 1. The molecule has 0 fully saturated rings. The first-order valence-electron chi connectivity index (χ1n) is 5.15. The Morgan fingerprint density at radius 2 is 2.12 bits per heavy atom. The molecule has 2 rings (SSSR count). The van der Waals surface area contributed by atoms with Crippen molar-refractivity contribution in [2.45, 2.75) is 6.92 Å². The molecular formula is C12H10F2N2O. The van der Waals surface area contributed by atoms with Crippen LogP contribution in [0.2, 0.25) is 0 Å². The number of amides is 1. The minimum atomic E-state index is -0.734. The molecule has 1 aromatic heterocycles. The summed E-state index contributed by atoms with van der Waals surface area (Å²) in [5.41, 5.74) is 0.337. The summed E-state index contributed by atoms with van der Waals surface area (Å²) >= 11 is 0. The second-order valence-corrected chi connectivity index (χ2v) is 3.54. The maximum Gasteiger partial charge on any atom is 0.252 e. The first-order chi connectivity index (χ1) is 8.11. The van der Waals surface area contributed by atoms with E-state index in [9.17, 15) is 13.6 Å². The number of carbonyl (C=O) groups excluding carboxylic acids is 1. The number of aromatic nitrogens is 1. The van der Waals surface area contributed by atoms with Crippen LogP contribution in [-0.4, -0.2) is 17.4 Å². The van der Waals surface area contributed by atoms with Gasteiger partial charge in [-0.15, -0.1) is 0 Å². The molecule has 1 amide bonds. The van der Waals surface area contributed by atoms with Crippen LogP contribution < -0.4 is 5.32 Å². The molecular weight excluding hydrogens is 226 g/mol. The largest absolute Gasteiger partial charge is 0.352 e. The van der Waals surface area contributed by atoms with Gasteiger partial charge in [-0.05, 0) is 19.1 Å².